The largest absolute Gasteiger partial charge is 0.465 e. The highest BCUT2D eigenvalue weighted by molar-refractivity contribution is 7.64. The van der Waals surface area contributed by atoms with Gasteiger partial charge in [0.15, 0.2) is 0 Å². The van der Waals surface area contributed by atoms with Gasteiger partial charge in [-0.2, -0.15) is 0 Å². The lowest BCUT2D eigenvalue weighted by Crippen LogP contribution is -2.44. The van der Waals surface area contributed by atoms with Gasteiger partial charge in [-0.15, -0.1) is 0 Å². The number of nitrogens with one attached hydrogen (secondary N) is 1. The van der Waals surface area contributed by atoms with Crippen molar-refractivity contribution in [3.8, 4) is 0 Å². The van der Waals surface area contributed by atoms with Crippen LogP contribution >= 0.6 is 7.14 Å². The van der Waals surface area contributed by atoms with Crippen LogP contribution < -0.4 is 5.32 Å². The van der Waals surface area contributed by atoms with Crippen molar-refractivity contribution in [1.29, 1.82) is 0 Å². The Labute approximate surface area is 121 Å². The maximum Gasteiger partial charge on any atom is 0.404 e. The first-order valence-corrected chi connectivity index (χ1v) is 9.82. The molecule has 1 saturated carbocycles. The Morgan fingerprint density at radius 3 is 2.25 bits per heavy atom. The molecule has 0 heterocycles. The summed E-state index contributed by atoms with van der Waals surface area (Å²) in [5.74, 6) is -0.632. The fourth-order valence-electron chi connectivity index (χ4n) is 3.12. The molecule has 5 nitrogen and oxygen atoms in total. The van der Waals surface area contributed by atoms with Gasteiger partial charge in [-0.3, -0.25) is 0 Å². The van der Waals surface area contributed by atoms with E-state index >= 15 is 0 Å². The highest BCUT2D eigenvalue weighted by atomic mass is 31.2. The molecule has 0 aromatic rings. The van der Waals surface area contributed by atoms with Crippen molar-refractivity contribution in [1.82, 2.24) is 5.32 Å². The summed E-state index contributed by atoms with van der Waals surface area (Å²) in [5.41, 5.74) is 0. The molecular weight excluding hydrogens is 277 g/mol. The number of rotatable bonds is 7. The number of amides is 1. The first-order chi connectivity index (χ1) is 9.42. The third-order valence-corrected chi connectivity index (χ3v) is 8.00. The molecule has 118 valence electrons. The normalized spacial score (nSPS) is 20.4. The van der Waals surface area contributed by atoms with E-state index in [1.807, 2.05) is 0 Å². The lowest BCUT2D eigenvalue weighted by atomic mass is 9.85. The third kappa shape index (κ3) is 4.78. The number of hydrogen-bond acceptors (Lipinski definition) is 3. The molecular formula is C14H28NO4P. The van der Waals surface area contributed by atoms with Crippen molar-refractivity contribution >= 4 is 13.2 Å². The van der Waals surface area contributed by atoms with Crippen LogP contribution in [0.5, 0.6) is 0 Å². The van der Waals surface area contributed by atoms with Crippen molar-refractivity contribution in [2.45, 2.75) is 64.3 Å². The smallest absolute Gasteiger partial charge is 0.404 e. The molecule has 0 saturated heterocycles. The third-order valence-electron chi connectivity index (χ3n) is 4.53. The van der Waals surface area contributed by atoms with Crippen molar-refractivity contribution in [2.75, 3.05) is 12.3 Å². The molecule has 0 aliphatic heterocycles. The lowest BCUT2D eigenvalue weighted by Gasteiger charge is -2.32. The Morgan fingerprint density at radius 1 is 1.25 bits per heavy atom. The lowest BCUT2D eigenvalue weighted by molar-refractivity contribution is 0.148. The Bertz CT molecular complexity index is 347. The van der Waals surface area contributed by atoms with E-state index in [0.29, 0.717) is 24.7 Å². The van der Waals surface area contributed by atoms with Crippen molar-refractivity contribution in [3.63, 3.8) is 0 Å². The minimum absolute atomic E-state index is 0.410. The van der Waals surface area contributed by atoms with Crippen LogP contribution in [0.15, 0.2) is 0 Å². The molecule has 2 atom stereocenters. The Balaban J connectivity index is 2.76. The fourth-order valence-corrected chi connectivity index (χ4v) is 5.17. The van der Waals surface area contributed by atoms with Gasteiger partial charge in [-0.1, -0.05) is 46.0 Å². The van der Waals surface area contributed by atoms with Crippen molar-refractivity contribution in [2.24, 2.45) is 5.92 Å². The molecule has 1 amide bonds. The second-order valence-corrected chi connectivity index (χ2v) is 9.49. The summed E-state index contributed by atoms with van der Waals surface area (Å²) in [7, 11) is -2.72. The summed E-state index contributed by atoms with van der Waals surface area (Å²) in [4.78, 5) is 10.9. The Hall–Kier alpha value is -0.540. The molecule has 0 aromatic heterocycles. The zero-order chi connectivity index (χ0) is 15.2. The van der Waals surface area contributed by atoms with E-state index in [4.69, 9.17) is 5.11 Å². The Morgan fingerprint density at radius 2 is 1.80 bits per heavy atom. The summed E-state index contributed by atoms with van der Waals surface area (Å²) in [6.07, 6.45) is 5.99. The first kappa shape index (κ1) is 17.5. The molecule has 1 aliphatic rings. The minimum atomic E-state index is -2.72. The fraction of sp³-hybridized carbons (Fsp3) is 0.929. The highest BCUT2D eigenvalue weighted by Gasteiger charge is 2.36. The molecule has 20 heavy (non-hydrogen) atoms. The van der Waals surface area contributed by atoms with Gasteiger partial charge in [-0.05, 0) is 12.3 Å². The average Bonchev–Trinajstić information content (AvgIpc) is 2.45. The zero-order valence-corrected chi connectivity index (χ0v) is 13.4. The number of carboxylic acid groups (broad SMARTS) is 1. The summed E-state index contributed by atoms with van der Waals surface area (Å²) < 4.78 is 12.6. The van der Waals surface area contributed by atoms with Crippen LogP contribution in [0.1, 0.15) is 52.4 Å². The SMILES string of the molecule is CCP(=O)(CC)C(O)[C@H](CC1CCCCC1)NC(=O)O. The van der Waals surface area contributed by atoms with Crippen LogP contribution in [0, 0.1) is 5.92 Å². The van der Waals surface area contributed by atoms with E-state index < -0.39 is 25.1 Å². The molecule has 1 rings (SSSR count). The molecule has 0 aromatic carbocycles. The monoisotopic (exact) mass is 305 g/mol. The number of aliphatic hydroxyl groups excluding tert-OH is 1. The summed E-state index contributed by atoms with van der Waals surface area (Å²) in [6.45, 7) is 3.60. The molecule has 3 N–H and O–H groups in total. The molecule has 0 radical (unpaired) electrons. The zero-order valence-electron chi connectivity index (χ0n) is 12.5. The maximum absolute atomic E-state index is 12.6. The van der Waals surface area contributed by atoms with E-state index in [-0.39, 0.29) is 0 Å². The van der Waals surface area contributed by atoms with E-state index in [0.717, 1.165) is 12.8 Å². The van der Waals surface area contributed by atoms with Crippen LogP contribution in [0.3, 0.4) is 0 Å². The van der Waals surface area contributed by atoms with Crippen LogP contribution in [0.4, 0.5) is 4.79 Å². The van der Waals surface area contributed by atoms with Crippen LogP contribution in [0.2, 0.25) is 0 Å². The summed E-state index contributed by atoms with van der Waals surface area (Å²) in [5, 5.41) is 21.8. The Kier molecular flexibility index (Phi) is 7.04. The molecule has 1 unspecified atom stereocenters. The number of aliphatic hydroxyl groups is 1. The van der Waals surface area contributed by atoms with E-state index in [2.05, 4.69) is 5.32 Å². The van der Waals surface area contributed by atoms with E-state index in [1.165, 1.54) is 19.3 Å². The van der Waals surface area contributed by atoms with Gasteiger partial charge in [0.05, 0.1) is 6.04 Å². The van der Waals surface area contributed by atoms with Crippen molar-refractivity contribution < 1.29 is 19.6 Å². The standard InChI is InChI=1S/C14H28NO4P/c1-3-20(19,4-2)13(16)12(15-14(17)18)10-11-8-6-5-7-9-11/h11-13,15-16H,3-10H2,1-2H3,(H,17,18)/t12-,13?/m0/s1. The maximum atomic E-state index is 12.6. The van der Waals surface area contributed by atoms with Gasteiger partial charge in [0, 0.05) is 12.3 Å². The average molecular weight is 305 g/mol. The van der Waals surface area contributed by atoms with Crippen LogP contribution in [-0.4, -0.2) is 40.5 Å². The molecule has 6 heteroatoms. The number of hydrogen-bond donors (Lipinski definition) is 3. The highest BCUT2D eigenvalue weighted by Crippen LogP contribution is 2.51. The van der Waals surface area contributed by atoms with Gasteiger partial charge in [0.25, 0.3) is 0 Å². The van der Waals surface area contributed by atoms with Gasteiger partial charge >= 0.3 is 6.09 Å². The summed E-state index contributed by atoms with van der Waals surface area (Å²) >= 11 is 0. The second-order valence-electron chi connectivity index (χ2n) is 5.79. The predicted octanol–water partition coefficient (Wildman–Crippen LogP) is 3.31. The van der Waals surface area contributed by atoms with Crippen molar-refractivity contribution in [3.05, 3.63) is 0 Å². The summed E-state index contributed by atoms with van der Waals surface area (Å²) in [6, 6.07) is -0.610. The molecule has 1 fully saturated rings. The van der Waals surface area contributed by atoms with Crippen LogP contribution in [0.25, 0.3) is 0 Å². The quantitative estimate of drug-likeness (QED) is 0.630. The minimum Gasteiger partial charge on any atom is -0.465 e. The molecule has 1 aliphatic carbocycles. The van der Waals surface area contributed by atoms with Gasteiger partial charge in [-0.25, -0.2) is 4.79 Å². The molecule has 0 bridgehead atoms. The van der Waals surface area contributed by atoms with Gasteiger partial charge < -0.3 is 20.1 Å². The molecule has 0 spiro atoms. The van der Waals surface area contributed by atoms with Crippen LogP contribution in [-0.2, 0) is 4.57 Å². The van der Waals surface area contributed by atoms with Gasteiger partial charge in [0.2, 0.25) is 0 Å². The van der Waals surface area contributed by atoms with Gasteiger partial charge in [0.1, 0.15) is 13.0 Å². The predicted molar refractivity (Wildman–Crippen MR) is 80.8 cm³/mol. The topological polar surface area (TPSA) is 86.6 Å². The number of carbonyl (C=O) groups is 1. The first-order valence-electron chi connectivity index (χ1n) is 7.68. The van der Waals surface area contributed by atoms with E-state index in [1.54, 1.807) is 13.8 Å². The second kappa shape index (κ2) is 8.04. The van der Waals surface area contributed by atoms with E-state index in [9.17, 15) is 14.5 Å².